The summed E-state index contributed by atoms with van der Waals surface area (Å²) < 4.78 is 5.20. The molecule has 0 amide bonds. The molecule has 2 fully saturated rings. The SMILES string of the molecule is CC1(CCN2CCC2CC(=O)O)COC1. The molecule has 2 saturated heterocycles. The average Bonchev–Trinajstić information content (AvgIpc) is 2.10. The standard InChI is InChI=1S/C11H19NO3/c1-11(7-15-8-11)3-5-12-4-2-9(12)6-10(13)14/h9H,2-8H2,1H3,(H,13,14). The lowest BCUT2D eigenvalue weighted by atomic mass is 9.84. The van der Waals surface area contributed by atoms with Crippen LogP contribution >= 0.6 is 0 Å². The highest BCUT2D eigenvalue weighted by molar-refractivity contribution is 5.67. The fourth-order valence-corrected chi connectivity index (χ4v) is 2.23. The van der Waals surface area contributed by atoms with Crippen LogP contribution in [0.15, 0.2) is 0 Å². The Labute approximate surface area is 90.2 Å². The van der Waals surface area contributed by atoms with Crippen LogP contribution in [0.1, 0.15) is 26.2 Å². The Balaban J connectivity index is 1.69. The van der Waals surface area contributed by atoms with Gasteiger partial charge in [-0.05, 0) is 25.9 Å². The minimum atomic E-state index is -0.678. The third-order valence-corrected chi connectivity index (χ3v) is 3.58. The summed E-state index contributed by atoms with van der Waals surface area (Å²) in [6, 6.07) is 0.284. The van der Waals surface area contributed by atoms with Crippen molar-refractivity contribution in [2.24, 2.45) is 5.41 Å². The van der Waals surface area contributed by atoms with Crippen molar-refractivity contribution in [1.29, 1.82) is 0 Å². The molecule has 1 unspecified atom stereocenters. The van der Waals surface area contributed by atoms with Crippen molar-refractivity contribution in [2.75, 3.05) is 26.3 Å². The number of nitrogens with zero attached hydrogens (tertiary/aromatic N) is 1. The second kappa shape index (κ2) is 4.10. The van der Waals surface area contributed by atoms with Crippen LogP contribution in [-0.2, 0) is 9.53 Å². The summed E-state index contributed by atoms with van der Waals surface area (Å²) in [6.07, 6.45) is 2.47. The van der Waals surface area contributed by atoms with Crippen LogP contribution in [0.25, 0.3) is 0 Å². The highest BCUT2D eigenvalue weighted by Crippen LogP contribution is 2.32. The smallest absolute Gasteiger partial charge is 0.304 e. The third-order valence-electron chi connectivity index (χ3n) is 3.58. The minimum absolute atomic E-state index is 0.284. The monoisotopic (exact) mass is 213 g/mol. The largest absolute Gasteiger partial charge is 0.481 e. The molecule has 4 nitrogen and oxygen atoms in total. The van der Waals surface area contributed by atoms with E-state index < -0.39 is 5.97 Å². The van der Waals surface area contributed by atoms with E-state index in [4.69, 9.17) is 9.84 Å². The predicted molar refractivity (Wildman–Crippen MR) is 55.8 cm³/mol. The molecule has 15 heavy (non-hydrogen) atoms. The second-order valence-corrected chi connectivity index (χ2v) is 5.13. The van der Waals surface area contributed by atoms with Gasteiger partial charge >= 0.3 is 5.97 Å². The summed E-state index contributed by atoms with van der Waals surface area (Å²) in [5, 5.41) is 8.71. The second-order valence-electron chi connectivity index (χ2n) is 5.13. The molecule has 0 aromatic rings. The molecule has 0 spiro atoms. The molecule has 2 heterocycles. The van der Waals surface area contributed by atoms with Crippen molar-refractivity contribution in [3.05, 3.63) is 0 Å². The van der Waals surface area contributed by atoms with Gasteiger partial charge in [0.05, 0.1) is 19.6 Å². The lowest BCUT2D eigenvalue weighted by molar-refractivity contribution is -0.140. The highest BCUT2D eigenvalue weighted by Gasteiger charge is 2.36. The van der Waals surface area contributed by atoms with Crippen LogP contribution < -0.4 is 0 Å². The Hall–Kier alpha value is -0.610. The first-order valence-electron chi connectivity index (χ1n) is 5.63. The maximum atomic E-state index is 10.6. The first kappa shape index (κ1) is 10.9. The Kier molecular flexibility index (Phi) is 2.98. The number of carbonyl (C=O) groups is 1. The lowest BCUT2D eigenvalue weighted by Crippen LogP contribution is -2.51. The van der Waals surface area contributed by atoms with E-state index in [2.05, 4.69) is 11.8 Å². The Bertz CT molecular complexity index is 250. The average molecular weight is 213 g/mol. The summed E-state index contributed by atoms with van der Waals surface area (Å²) in [5.74, 6) is -0.678. The van der Waals surface area contributed by atoms with Gasteiger partial charge in [-0.3, -0.25) is 9.69 Å². The summed E-state index contributed by atoms with van der Waals surface area (Å²) in [6.45, 7) is 6.06. The van der Waals surface area contributed by atoms with E-state index in [1.807, 2.05) is 0 Å². The molecule has 0 radical (unpaired) electrons. The molecule has 4 heteroatoms. The van der Waals surface area contributed by atoms with Crippen LogP contribution in [0.5, 0.6) is 0 Å². The van der Waals surface area contributed by atoms with E-state index in [0.717, 1.165) is 39.1 Å². The maximum absolute atomic E-state index is 10.6. The first-order chi connectivity index (χ1) is 7.09. The van der Waals surface area contributed by atoms with Gasteiger partial charge in [-0.2, -0.15) is 0 Å². The Morgan fingerprint density at radius 2 is 2.33 bits per heavy atom. The van der Waals surface area contributed by atoms with Crippen LogP contribution in [0, 0.1) is 5.41 Å². The molecule has 2 aliphatic rings. The van der Waals surface area contributed by atoms with E-state index in [0.29, 0.717) is 11.8 Å². The zero-order chi connectivity index (χ0) is 10.9. The number of carboxylic acid groups (broad SMARTS) is 1. The van der Waals surface area contributed by atoms with Crippen LogP contribution in [0.2, 0.25) is 0 Å². The molecule has 1 atom stereocenters. The van der Waals surface area contributed by atoms with E-state index in [9.17, 15) is 4.79 Å². The van der Waals surface area contributed by atoms with Gasteiger partial charge in [0.15, 0.2) is 0 Å². The number of rotatable bonds is 5. The summed E-state index contributed by atoms with van der Waals surface area (Å²) in [7, 11) is 0. The zero-order valence-electron chi connectivity index (χ0n) is 9.24. The van der Waals surface area contributed by atoms with Crippen LogP contribution in [0.4, 0.5) is 0 Å². The third kappa shape index (κ3) is 2.49. The number of aliphatic carboxylic acids is 1. The summed E-state index contributed by atoms with van der Waals surface area (Å²) in [5.41, 5.74) is 0.351. The van der Waals surface area contributed by atoms with Gasteiger partial charge in [0.1, 0.15) is 0 Å². The molecule has 2 rings (SSSR count). The lowest BCUT2D eigenvalue weighted by Gasteiger charge is -2.44. The first-order valence-corrected chi connectivity index (χ1v) is 5.63. The van der Waals surface area contributed by atoms with Gasteiger partial charge in [-0.15, -0.1) is 0 Å². The van der Waals surface area contributed by atoms with Gasteiger partial charge in [0.25, 0.3) is 0 Å². The highest BCUT2D eigenvalue weighted by atomic mass is 16.5. The van der Waals surface area contributed by atoms with Crippen molar-refractivity contribution in [1.82, 2.24) is 4.90 Å². The zero-order valence-corrected chi connectivity index (χ0v) is 9.24. The quantitative estimate of drug-likeness (QED) is 0.739. The summed E-state index contributed by atoms with van der Waals surface area (Å²) in [4.78, 5) is 12.9. The van der Waals surface area contributed by atoms with Crippen molar-refractivity contribution >= 4 is 5.97 Å². The van der Waals surface area contributed by atoms with Crippen LogP contribution in [-0.4, -0.2) is 48.3 Å². The fraction of sp³-hybridized carbons (Fsp3) is 0.909. The molecular weight excluding hydrogens is 194 g/mol. The van der Waals surface area contributed by atoms with Gasteiger partial charge in [0.2, 0.25) is 0 Å². The number of hydrogen-bond acceptors (Lipinski definition) is 3. The van der Waals surface area contributed by atoms with Crippen molar-refractivity contribution < 1.29 is 14.6 Å². The molecule has 0 saturated carbocycles. The molecule has 0 aliphatic carbocycles. The molecule has 2 aliphatic heterocycles. The normalized spacial score (nSPS) is 29.3. The molecule has 0 bridgehead atoms. The molecule has 0 aromatic heterocycles. The Morgan fingerprint density at radius 1 is 1.60 bits per heavy atom. The topological polar surface area (TPSA) is 49.8 Å². The van der Waals surface area contributed by atoms with Gasteiger partial charge < -0.3 is 9.84 Å². The van der Waals surface area contributed by atoms with E-state index >= 15 is 0 Å². The molecular formula is C11H19NO3. The fourth-order valence-electron chi connectivity index (χ4n) is 2.23. The van der Waals surface area contributed by atoms with Gasteiger partial charge in [-0.25, -0.2) is 0 Å². The number of ether oxygens (including phenoxy) is 1. The van der Waals surface area contributed by atoms with Crippen LogP contribution in [0.3, 0.4) is 0 Å². The predicted octanol–water partition coefficient (Wildman–Crippen LogP) is 0.962. The molecule has 1 N–H and O–H groups in total. The Morgan fingerprint density at radius 3 is 2.73 bits per heavy atom. The molecule has 0 aromatic carbocycles. The van der Waals surface area contributed by atoms with E-state index in [-0.39, 0.29) is 6.04 Å². The van der Waals surface area contributed by atoms with Gasteiger partial charge in [-0.1, -0.05) is 6.92 Å². The van der Waals surface area contributed by atoms with Gasteiger partial charge in [0, 0.05) is 11.5 Å². The maximum Gasteiger partial charge on any atom is 0.304 e. The minimum Gasteiger partial charge on any atom is -0.481 e. The number of carboxylic acids is 1. The van der Waals surface area contributed by atoms with E-state index in [1.54, 1.807) is 0 Å². The van der Waals surface area contributed by atoms with Crippen molar-refractivity contribution in [3.63, 3.8) is 0 Å². The van der Waals surface area contributed by atoms with E-state index in [1.165, 1.54) is 0 Å². The summed E-state index contributed by atoms with van der Waals surface area (Å²) >= 11 is 0. The van der Waals surface area contributed by atoms with Crippen molar-refractivity contribution in [2.45, 2.75) is 32.2 Å². The molecule has 86 valence electrons. The van der Waals surface area contributed by atoms with Crippen molar-refractivity contribution in [3.8, 4) is 0 Å². The number of hydrogen-bond donors (Lipinski definition) is 1. The number of likely N-dealkylation sites (tertiary alicyclic amines) is 1.